The van der Waals surface area contributed by atoms with Crippen molar-refractivity contribution in [2.45, 2.75) is 30.2 Å². The molecular formula is C18H21ClN2O3S. The Hall–Kier alpha value is -1.63. The molecule has 0 radical (unpaired) electrons. The number of aliphatic hydroxyl groups excluding tert-OH is 1. The smallest absolute Gasteiger partial charge is 0.175 e. The molecule has 1 aromatic heterocycles. The Balaban J connectivity index is 2.12. The number of halogens is 1. The van der Waals surface area contributed by atoms with E-state index in [1.54, 1.807) is 30.5 Å². The molecule has 0 spiro atoms. The van der Waals surface area contributed by atoms with Crippen molar-refractivity contribution in [1.82, 2.24) is 4.98 Å². The second-order valence-corrected chi connectivity index (χ2v) is 8.80. The maximum Gasteiger partial charge on any atom is 0.175 e. The van der Waals surface area contributed by atoms with Crippen LogP contribution in [0.2, 0.25) is 5.02 Å². The summed E-state index contributed by atoms with van der Waals surface area (Å²) in [6.07, 6.45) is 5.79. The van der Waals surface area contributed by atoms with Gasteiger partial charge < -0.3 is 10.0 Å². The summed E-state index contributed by atoms with van der Waals surface area (Å²) in [5, 5.41) is 10.2. The van der Waals surface area contributed by atoms with Gasteiger partial charge in [0.1, 0.15) is 5.82 Å². The molecule has 1 aromatic carbocycles. The third kappa shape index (κ3) is 3.97. The molecule has 25 heavy (non-hydrogen) atoms. The number of rotatable bonds is 4. The van der Waals surface area contributed by atoms with E-state index >= 15 is 0 Å². The predicted molar refractivity (Wildman–Crippen MR) is 99.9 cm³/mol. The first-order chi connectivity index (χ1) is 11.9. The van der Waals surface area contributed by atoms with E-state index < -0.39 is 9.84 Å². The standard InChI is InChI=1S/C18H21ClN2O3S/c1-25(23,24)16-7-4-5-13(9-16)17-10-14(19)11-20-18(17)21-8-3-2-6-15(21)12-22/h4-5,7,9-11,15,22H,2-3,6,8,12H2,1H3. The number of sulfone groups is 1. The molecule has 3 rings (SSSR count). The average Bonchev–Trinajstić information content (AvgIpc) is 2.61. The number of benzene rings is 1. The van der Waals surface area contributed by atoms with E-state index in [9.17, 15) is 13.5 Å². The first kappa shape index (κ1) is 18.2. The van der Waals surface area contributed by atoms with Gasteiger partial charge in [-0.25, -0.2) is 13.4 Å². The van der Waals surface area contributed by atoms with Crippen LogP contribution in [0.3, 0.4) is 0 Å². The zero-order valence-corrected chi connectivity index (χ0v) is 15.6. The summed E-state index contributed by atoms with van der Waals surface area (Å²) in [5.41, 5.74) is 1.52. The Bertz CT molecular complexity index is 870. The van der Waals surface area contributed by atoms with Gasteiger partial charge in [-0.3, -0.25) is 0 Å². The van der Waals surface area contributed by atoms with Gasteiger partial charge in [-0.15, -0.1) is 0 Å². The number of nitrogens with zero attached hydrogens (tertiary/aromatic N) is 2. The van der Waals surface area contributed by atoms with Crippen LogP contribution in [0.25, 0.3) is 11.1 Å². The Kier molecular flexibility index (Phi) is 5.32. The van der Waals surface area contributed by atoms with Gasteiger partial charge in [0, 0.05) is 24.6 Å². The van der Waals surface area contributed by atoms with Crippen LogP contribution in [0.5, 0.6) is 0 Å². The maximum absolute atomic E-state index is 11.9. The van der Waals surface area contributed by atoms with Crippen molar-refractivity contribution in [2.24, 2.45) is 0 Å². The topological polar surface area (TPSA) is 70.5 Å². The maximum atomic E-state index is 11.9. The van der Waals surface area contributed by atoms with E-state index in [0.29, 0.717) is 5.02 Å². The summed E-state index contributed by atoms with van der Waals surface area (Å²) in [7, 11) is -3.30. The summed E-state index contributed by atoms with van der Waals surface area (Å²) in [4.78, 5) is 6.86. The van der Waals surface area contributed by atoms with Gasteiger partial charge in [0.2, 0.25) is 0 Å². The van der Waals surface area contributed by atoms with Gasteiger partial charge in [0.25, 0.3) is 0 Å². The molecule has 2 aromatic rings. The summed E-state index contributed by atoms with van der Waals surface area (Å²) in [6.45, 7) is 0.867. The number of aromatic nitrogens is 1. The first-order valence-electron chi connectivity index (χ1n) is 8.23. The average molecular weight is 381 g/mol. The van der Waals surface area contributed by atoms with Crippen molar-refractivity contribution in [3.05, 3.63) is 41.6 Å². The molecule has 1 fully saturated rings. The van der Waals surface area contributed by atoms with Gasteiger partial charge in [-0.1, -0.05) is 23.7 Å². The Morgan fingerprint density at radius 2 is 2.12 bits per heavy atom. The third-order valence-corrected chi connectivity index (χ3v) is 5.83. The summed E-state index contributed by atoms with van der Waals surface area (Å²) in [5.74, 6) is 0.730. The van der Waals surface area contributed by atoms with Crippen LogP contribution in [-0.2, 0) is 9.84 Å². The number of piperidine rings is 1. The van der Waals surface area contributed by atoms with Gasteiger partial charge in [-0.05, 0) is 43.0 Å². The van der Waals surface area contributed by atoms with Crippen LogP contribution in [-0.4, -0.2) is 44.0 Å². The Labute approximate surface area is 153 Å². The fraction of sp³-hybridized carbons (Fsp3) is 0.389. The molecule has 0 bridgehead atoms. The molecule has 1 saturated heterocycles. The van der Waals surface area contributed by atoms with Gasteiger partial charge >= 0.3 is 0 Å². The molecule has 7 heteroatoms. The SMILES string of the molecule is CS(=O)(=O)c1cccc(-c2cc(Cl)cnc2N2CCCCC2CO)c1. The van der Waals surface area contributed by atoms with E-state index in [0.717, 1.165) is 42.8 Å². The van der Waals surface area contributed by atoms with Crippen molar-refractivity contribution in [3.63, 3.8) is 0 Å². The molecule has 1 unspecified atom stereocenters. The molecule has 1 N–H and O–H groups in total. The third-order valence-electron chi connectivity index (χ3n) is 4.52. The Morgan fingerprint density at radius 1 is 1.32 bits per heavy atom. The van der Waals surface area contributed by atoms with Crippen molar-refractivity contribution in [2.75, 3.05) is 24.3 Å². The number of hydrogen-bond acceptors (Lipinski definition) is 5. The highest BCUT2D eigenvalue weighted by atomic mass is 35.5. The van der Waals surface area contributed by atoms with Gasteiger partial charge in [-0.2, -0.15) is 0 Å². The lowest BCUT2D eigenvalue weighted by Gasteiger charge is -2.36. The lowest BCUT2D eigenvalue weighted by Crippen LogP contribution is -2.42. The highest BCUT2D eigenvalue weighted by molar-refractivity contribution is 7.90. The molecular weight excluding hydrogens is 360 g/mol. The zero-order valence-electron chi connectivity index (χ0n) is 14.0. The summed E-state index contributed by atoms with van der Waals surface area (Å²) in [6, 6.07) is 8.60. The van der Waals surface area contributed by atoms with Crippen LogP contribution in [0.4, 0.5) is 5.82 Å². The van der Waals surface area contributed by atoms with E-state index in [4.69, 9.17) is 11.6 Å². The van der Waals surface area contributed by atoms with Gasteiger partial charge in [0.15, 0.2) is 9.84 Å². The molecule has 1 aliphatic heterocycles. The first-order valence-corrected chi connectivity index (χ1v) is 10.5. The number of hydrogen-bond donors (Lipinski definition) is 1. The van der Waals surface area contributed by atoms with Gasteiger partial charge in [0.05, 0.1) is 22.6 Å². The highest BCUT2D eigenvalue weighted by Gasteiger charge is 2.25. The van der Waals surface area contributed by atoms with Crippen molar-refractivity contribution in [3.8, 4) is 11.1 Å². The van der Waals surface area contributed by atoms with Crippen LogP contribution in [0, 0.1) is 0 Å². The normalized spacial score (nSPS) is 18.4. The summed E-state index contributed by atoms with van der Waals surface area (Å²) < 4.78 is 23.8. The Morgan fingerprint density at radius 3 is 2.84 bits per heavy atom. The number of aliphatic hydroxyl groups is 1. The van der Waals surface area contributed by atoms with E-state index in [2.05, 4.69) is 9.88 Å². The van der Waals surface area contributed by atoms with Crippen LogP contribution in [0.1, 0.15) is 19.3 Å². The lowest BCUT2D eigenvalue weighted by molar-refractivity contribution is 0.239. The fourth-order valence-electron chi connectivity index (χ4n) is 3.24. The van der Waals surface area contributed by atoms with Crippen LogP contribution >= 0.6 is 11.6 Å². The minimum absolute atomic E-state index is 0.0132. The molecule has 2 heterocycles. The predicted octanol–water partition coefficient (Wildman–Crippen LogP) is 3.16. The lowest BCUT2D eigenvalue weighted by atomic mass is 10.00. The van der Waals surface area contributed by atoms with E-state index in [-0.39, 0.29) is 17.5 Å². The minimum Gasteiger partial charge on any atom is -0.394 e. The monoisotopic (exact) mass is 380 g/mol. The second kappa shape index (κ2) is 7.32. The van der Waals surface area contributed by atoms with Crippen molar-refractivity contribution < 1.29 is 13.5 Å². The molecule has 0 aliphatic carbocycles. The number of pyridine rings is 1. The van der Waals surface area contributed by atoms with Crippen LogP contribution in [0.15, 0.2) is 41.4 Å². The van der Waals surface area contributed by atoms with E-state index in [1.807, 2.05) is 6.07 Å². The quantitative estimate of drug-likeness (QED) is 0.882. The van der Waals surface area contributed by atoms with Crippen molar-refractivity contribution in [1.29, 1.82) is 0 Å². The van der Waals surface area contributed by atoms with Crippen LogP contribution < -0.4 is 4.90 Å². The molecule has 5 nitrogen and oxygen atoms in total. The van der Waals surface area contributed by atoms with E-state index in [1.165, 1.54) is 6.26 Å². The molecule has 134 valence electrons. The molecule has 1 aliphatic rings. The second-order valence-electron chi connectivity index (χ2n) is 6.35. The largest absolute Gasteiger partial charge is 0.394 e. The van der Waals surface area contributed by atoms with Crippen molar-refractivity contribution >= 4 is 27.3 Å². The molecule has 0 amide bonds. The number of anilines is 1. The minimum atomic E-state index is -3.30. The molecule has 0 saturated carbocycles. The molecule has 1 atom stereocenters. The summed E-state index contributed by atoms with van der Waals surface area (Å²) >= 11 is 6.16. The highest BCUT2D eigenvalue weighted by Crippen LogP contribution is 2.35. The fourth-order valence-corrected chi connectivity index (χ4v) is 4.06. The zero-order chi connectivity index (χ0) is 18.0.